The Labute approximate surface area is 98.6 Å². The fourth-order valence-corrected chi connectivity index (χ4v) is 1.38. The van der Waals surface area contributed by atoms with Gasteiger partial charge in [-0.25, -0.2) is 0 Å². The van der Waals surface area contributed by atoms with Crippen molar-refractivity contribution in [3.63, 3.8) is 0 Å². The predicted molar refractivity (Wildman–Crippen MR) is 63.8 cm³/mol. The summed E-state index contributed by atoms with van der Waals surface area (Å²) in [5.74, 6) is 0. The van der Waals surface area contributed by atoms with Gasteiger partial charge in [0.1, 0.15) is 0 Å². The molecule has 1 aliphatic rings. The van der Waals surface area contributed by atoms with Gasteiger partial charge in [-0.15, -0.1) is 0 Å². The van der Waals surface area contributed by atoms with Crippen LogP contribution in [-0.2, 0) is 14.2 Å². The zero-order valence-corrected chi connectivity index (χ0v) is 10.4. The molecule has 4 nitrogen and oxygen atoms in total. The normalized spacial score (nSPS) is 15.6. The van der Waals surface area contributed by atoms with E-state index in [0.29, 0.717) is 13.2 Å². The van der Waals surface area contributed by atoms with E-state index in [2.05, 4.69) is 5.32 Å². The molecule has 1 fully saturated rings. The summed E-state index contributed by atoms with van der Waals surface area (Å²) >= 11 is 0. The number of ether oxygens (including phenoxy) is 3. The van der Waals surface area contributed by atoms with Crippen molar-refractivity contribution < 1.29 is 14.2 Å². The molecule has 0 saturated heterocycles. The van der Waals surface area contributed by atoms with Crippen molar-refractivity contribution in [3.8, 4) is 0 Å². The second-order valence-electron chi connectivity index (χ2n) is 4.15. The van der Waals surface area contributed by atoms with Crippen LogP contribution < -0.4 is 5.32 Å². The average Bonchev–Trinajstić information content (AvgIpc) is 3.10. The molecule has 1 N–H and O–H groups in total. The molecule has 1 aliphatic carbocycles. The minimum Gasteiger partial charge on any atom is -0.382 e. The van der Waals surface area contributed by atoms with Crippen LogP contribution >= 0.6 is 0 Å². The van der Waals surface area contributed by atoms with Crippen LogP contribution in [0.5, 0.6) is 0 Å². The smallest absolute Gasteiger partial charge is 0.0700 e. The van der Waals surface area contributed by atoms with Crippen molar-refractivity contribution >= 4 is 0 Å². The molecule has 0 radical (unpaired) electrons. The van der Waals surface area contributed by atoms with Crippen LogP contribution in [-0.4, -0.2) is 52.7 Å². The Morgan fingerprint density at radius 2 is 1.62 bits per heavy atom. The van der Waals surface area contributed by atoms with Crippen molar-refractivity contribution in [2.45, 2.75) is 31.7 Å². The standard InChI is InChI=1S/C12H25NO3/c1-14-10-11-16-9-3-8-15-7-2-6-13-12-4-5-12/h12-13H,2-11H2,1H3. The first-order valence-electron chi connectivity index (χ1n) is 6.31. The molecule has 0 unspecified atom stereocenters. The molecule has 0 aliphatic heterocycles. The molecule has 0 spiro atoms. The molecular weight excluding hydrogens is 206 g/mol. The molecule has 1 rings (SSSR count). The first-order chi connectivity index (χ1) is 7.93. The summed E-state index contributed by atoms with van der Waals surface area (Å²) in [4.78, 5) is 0. The molecule has 0 aromatic rings. The number of nitrogens with one attached hydrogen (secondary N) is 1. The van der Waals surface area contributed by atoms with Gasteiger partial charge in [-0.2, -0.15) is 0 Å². The lowest BCUT2D eigenvalue weighted by molar-refractivity contribution is 0.0511. The first-order valence-corrected chi connectivity index (χ1v) is 6.31. The fraction of sp³-hybridized carbons (Fsp3) is 1.00. The molecular formula is C12H25NO3. The van der Waals surface area contributed by atoms with Crippen molar-refractivity contribution in [2.24, 2.45) is 0 Å². The van der Waals surface area contributed by atoms with E-state index in [1.54, 1.807) is 7.11 Å². The molecule has 0 heterocycles. The monoisotopic (exact) mass is 231 g/mol. The van der Waals surface area contributed by atoms with E-state index in [0.717, 1.165) is 45.2 Å². The van der Waals surface area contributed by atoms with E-state index in [9.17, 15) is 0 Å². The molecule has 0 aromatic carbocycles. The van der Waals surface area contributed by atoms with Gasteiger partial charge in [0.25, 0.3) is 0 Å². The minimum absolute atomic E-state index is 0.674. The largest absolute Gasteiger partial charge is 0.382 e. The highest BCUT2D eigenvalue weighted by atomic mass is 16.5. The summed E-state index contributed by atoms with van der Waals surface area (Å²) in [6.45, 7) is 4.88. The van der Waals surface area contributed by atoms with Crippen LogP contribution in [0.1, 0.15) is 25.7 Å². The Morgan fingerprint density at radius 1 is 0.938 bits per heavy atom. The lowest BCUT2D eigenvalue weighted by Gasteiger charge is -2.05. The van der Waals surface area contributed by atoms with Crippen LogP contribution in [0.15, 0.2) is 0 Å². The Morgan fingerprint density at radius 3 is 2.31 bits per heavy atom. The molecule has 0 bridgehead atoms. The Bertz CT molecular complexity index is 151. The van der Waals surface area contributed by atoms with Crippen molar-refractivity contribution in [1.29, 1.82) is 0 Å². The van der Waals surface area contributed by atoms with Gasteiger partial charge in [0.15, 0.2) is 0 Å². The maximum absolute atomic E-state index is 5.49. The summed E-state index contributed by atoms with van der Waals surface area (Å²) in [6.07, 6.45) is 4.81. The molecule has 0 amide bonds. The quantitative estimate of drug-likeness (QED) is 0.512. The van der Waals surface area contributed by atoms with Gasteiger partial charge in [-0.05, 0) is 32.2 Å². The van der Waals surface area contributed by atoms with Crippen molar-refractivity contribution in [1.82, 2.24) is 5.32 Å². The van der Waals surface area contributed by atoms with Gasteiger partial charge in [0.2, 0.25) is 0 Å². The SMILES string of the molecule is COCCOCCCOCCCNC1CC1. The highest BCUT2D eigenvalue weighted by Gasteiger charge is 2.19. The molecule has 0 atom stereocenters. The molecule has 96 valence electrons. The third-order valence-corrected chi connectivity index (χ3v) is 2.48. The third-order valence-electron chi connectivity index (χ3n) is 2.48. The van der Waals surface area contributed by atoms with Crippen LogP contribution in [0.25, 0.3) is 0 Å². The van der Waals surface area contributed by atoms with Gasteiger partial charge >= 0.3 is 0 Å². The number of rotatable bonds is 12. The van der Waals surface area contributed by atoms with E-state index in [-0.39, 0.29) is 0 Å². The van der Waals surface area contributed by atoms with Crippen LogP contribution in [0.2, 0.25) is 0 Å². The number of hydrogen-bond donors (Lipinski definition) is 1. The van der Waals surface area contributed by atoms with Crippen molar-refractivity contribution in [2.75, 3.05) is 46.7 Å². The summed E-state index contributed by atoms with van der Waals surface area (Å²) in [6, 6.07) is 0.814. The van der Waals surface area contributed by atoms with E-state index in [4.69, 9.17) is 14.2 Å². The predicted octanol–water partition coefficient (Wildman–Crippen LogP) is 1.20. The summed E-state index contributed by atoms with van der Waals surface area (Å²) in [7, 11) is 1.68. The van der Waals surface area contributed by atoms with Crippen LogP contribution in [0, 0.1) is 0 Å². The third kappa shape index (κ3) is 9.09. The zero-order chi connectivity index (χ0) is 11.5. The Kier molecular flexibility index (Phi) is 8.71. The summed E-state index contributed by atoms with van der Waals surface area (Å²) in [5, 5.41) is 3.46. The topological polar surface area (TPSA) is 39.7 Å². The summed E-state index contributed by atoms with van der Waals surface area (Å²) in [5.41, 5.74) is 0. The van der Waals surface area contributed by atoms with Gasteiger partial charge in [0, 0.05) is 33.0 Å². The maximum atomic E-state index is 5.49. The highest BCUT2D eigenvalue weighted by molar-refractivity contribution is 4.80. The minimum atomic E-state index is 0.674. The van der Waals surface area contributed by atoms with Crippen molar-refractivity contribution in [3.05, 3.63) is 0 Å². The lowest BCUT2D eigenvalue weighted by atomic mass is 10.4. The highest BCUT2D eigenvalue weighted by Crippen LogP contribution is 2.18. The number of methoxy groups -OCH3 is 1. The molecule has 0 aromatic heterocycles. The van der Waals surface area contributed by atoms with Gasteiger partial charge in [-0.1, -0.05) is 0 Å². The molecule has 1 saturated carbocycles. The molecule has 16 heavy (non-hydrogen) atoms. The van der Waals surface area contributed by atoms with Gasteiger partial charge in [-0.3, -0.25) is 0 Å². The zero-order valence-electron chi connectivity index (χ0n) is 10.4. The second kappa shape index (κ2) is 10.0. The summed E-state index contributed by atoms with van der Waals surface area (Å²) < 4.78 is 15.7. The van der Waals surface area contributed by atoms with E-state index >= 15 is 0 Å². The van der Waals surface area contributed by atoms with Gasteiger partial charge in [0.05, 0.1) is 13.2 Å². The van der Waals surface area contributed by atoms with E-state index in [1.165, 1.54) is 12.8 Å². The van der Waals surface area contributed by atoms with Crippen LogP contribution in [0.3, 0.4) is 0 Å². The molecule has 4 heteroatoms. The first kappa shape index (κ1) is 13.9. The second-order valence-corrected chi connectivity index (χ2v) is 4.15. The maximum Gasteiger partial charge on any atom is 0.0700 e. The Balaban J connectivity index is 1.61. The fourth-order valence-electron chi connectivity index (χ4n) is 1.38. The number of hydrogen-bond acceptors (Lipinski definition) is 4. The van der Waals surface area contributed by atoms with E-state index < -0.39 is 0 Å². The Hall–Kier alpha value is -0.160. The lowest BCUT2D eigenvalue weighted by Crippen LogP contribution is -2.19. The average molecular weight is 231 g/mol. The van der Waals surface area contributed by atoms with Gasteiger partial charge < -0.3 is 19.5 Å². The van der Waals surface area contributed by atoms with Crippen LogP contribution in [0.4, 0.5) is 0 Å². The van der Waals surface area contributed by atoms with E-state index in [1.807, 2.05) is 0 Å².